The number of hydrogen-bond donors (Lipinski definition) is 2. The van der Waals surface area contributed by atoms with Crippen LogP contribution in [0.1, 0.15) is 62.1 Å². The number of aromatic nitrogens is 2. The lowest BCUT2D eigenvalue weighted by atomic mass is 9.84. The molecule has 3 rings (SSSR count). The van der Waals surface area contributed by atoms with E-state index in [0.29, 0.717) is 0 Å². The molecule has 1 heterocycles. The van der Waals surface area contributed by atoms with E-state index in [9.17, 15) is 0 Å². The second kappa shape index (κ2) is 5.85. The largest absolute Gasteiger partial charge is 0.271 e. The van der Waals surface area contributed by atoms with Gasteiger partial charge in [0.25, 0.3) is 0 Å². The van der Waals surface area contributed by atoms with E-state index in [1.54, 1.807) is 0 Å². The van der Waals surface area contributed by atoms with Gasteiger partial charge in [0.1, 0.15) is 0 Å². The van der Waals surface area contributed by atoms with Gasteiger partial charge in [-0.15, -0.1) is 5.10 Å². The number of nitrogens with two attached hydrogens (primary N) is 1. The predicted octanol–water partition coefficient (Wildman–Crippen LogP) is 2.82. The van der Waals surface area contributed by atoms with Crippen LogP contribution in [-0.4, -0.2) is 9.59 Å². The van der Waals surface area contributed by atoms with Crippen molar-refractivity contribution in [3.05, 3.63) is 10.6 Å². The summed E-state index contributed by atoms with van der Waals surface area (Å²) in [6.45, 7) is 2.18. The third-order valence-electron chi connectivity index (χ3n) is 5.01. The Labute approximate surface area is 119 Å². The first-order valence-corrected chi connectivity index (χ1v) is 8.36. The summed E-state index contributed by atoms with van der Waals surface area (Å²) in [7, 11) is 0. The SMILES string of the molecule is CCCc1nnsc1C(CC1CC2CCC1C2)NN. The van der Waals surface area contributed by atoms with Crippen molar-refractivity contribution in [1.29, 1.82) is 0 Å². The van der Waals surface area contributed by atoms with E-state index in [-0.39, 0.29) is 6.04 Å². The maximum atomic E-state index is 5.81. The lowest BCUT2D eigenvalue weighted by Crippen LogP contribution is -2.31. The fourth-order valence-electron chi connectivity index (χ4n) is 4.11. The van der Waals surface area contributed by atoms with Crippen molar-refractivity contribution >= 4 is 11.5 Å². The molecule has 2 aliphatic carbocycles. The average Bonchev–Trinajstić information content (AvgIpc) is 3.12. The second-order valence-corrected chi connectivity index (χ2v) is 7.01. The first kappa shape index (κ1) is 13.5. The Bertz CT molecular complexity index is 419. The minimum atomic E-state index is 0.255. The fourth-order valence-corrected chi connectivity index (χ4v) is 4.88. The molecule has 1 aromatic rings. The summed E-state index contributed by atoms with van der Waals surface area (Å²) in [6, 6.07) is 0.255. The molecule has 4 atom stereocenters. The van der Waals surface area contributed by atoms with E-state index in [4.69, 9.17) is 5.84 Å². The first-order chi connectivity index (χ1) is 9.31. The van der Waals surface area contributed by atoms with Crippen molar-refractivity contribution in [3.8, 4) is 0 Å². The highest BCUT2D eigenvalue weighted by atomic mass is 32.1. The Kier molecular flexibility index (Phi) is 4.15. The van der Waals surface area contributed by atoms with Crippen LogP contribution in [0.15, 0.2) is 0 Å². The first-order valence-electron chi connectivity index (χ1n) is 7.59. The lowest BCUT2D eigenvalue weighted by Gasteiger charge is -2.26. The quantitative estimate of drug-likeness (QED) is 0.621. The van der Waals surface area contributed by atoms with Gasteiger partial charge in [-0.1, -0.05) is 24.3 Å². The molecule has 4 unspecified atom stereocenters. The third-order valence-corrected chi connectivity index (χ3v) is 5.89. The normalized spacial score (nSPS) is 30.9. The van der Waals surface area contributed by atoms with Crippen LogP contribution >= 0.6 is 11.5 Å². The number of nitrogens with zero attached hydrogens (tertiary/aromatic N) is 2. The monoisotopic (exact) mass is 280 g/mol. The maximum absolute atomic E-state index is 5.81. The van der Waals surface area contributed by atoms with Crippen molar-refractivity contribution in [2.45, 2.75) is 57.9 Å². The molecule has 5 heteroatoms. The number of hydrogen-bond acceptors (Lipinski definition) is 5. The Morgan fingerprint density at radius 3 is 2.95 bits per heavy atom. The molecule has 0 saturated heterocycles. The summed E-state index contributed by atoms with van der Waals surface area (Å²) in [5, 5.41) is 4.27. The van der Waals surface area contributed by atoms with Crippen LogP contribution in [0.3, 0.4) is 0 Å². The molecule has 3 N–H and O–H groups in total. The van der Waals surface area contributed by atoms with Crippen molar-refractivity contribution < 1.29 is 0 Å². The van der Waals surface area contributed by atoms with Crippen LogP contribution in [-0.2, 0) is 6.42 Å². The molecule has 0 spiro atoms. The molecule has 0 aromatic carbocycles. The third kappa shape index (κ3) is 2.69. The molecule has 1 aromatic heterocycles. The minimum Gasteiger partial charge on any atom is -0.271 e. The Hall–Kier alpha value is -0.520. The van der Waals surface area contributed by atoms with Gasteiger partial charge in [0.05, 0.1) is 16.6 Å². The second-order valence-electron chi connectivity index (χ2n) is 6.22. The minimum absolute atomic E-state index is 0.255. The van der Waals surface area contributed by atoms with E-state index in [2.05, 4.69) is 21.9 Å². The average molecular weight is 280 g/mol. The van der Waals surface area contributed by atoms with Crippen LogP contribution in [0.5, 0.6) is 0 Å². The van der Waals surface area contributed by atoms with Crippen molar-refractivity contribution in [3.63, 3.8) is 0 Å². The zero-order valence-corrected chi connectivity index (χ0v) is 12.5. The zero-order valence-electron chi connectivity index (χ0n) is 11.6. The molecule has 2 saturated carbocycles. The van der Waals surface area contributed by atoms with Gasteiger partial charge in [-0.2, -0.15) is 0 Å². The number of rotatable bonds is 6. The number of aryl methyl sites for hydroxylation is 1. The van der Waals surface area contributed by atoms with Gasteiger partial charge in [0, 0.05) is 0 Å². The van der Waals surface area contributed by atoms with Gasteiger partial charge in [-0.05, 0) is 61.4 Å². The number of nitrogens with one attached hydrogen (secondary N) is 1. The molecule has 4 nitrogen and oxygen atoms in total. The highest BCUT2D eigenvalue weighted by Crippen LogP contribution is 2.51. The molecule has 106 valence electrons. The summed E-state index contributed by atoms with van der Waals surface area (Å²) in [5.41, 5.74) is 4.17. The summed E-state index contributed by atoms with van der Waals surface area (Å²) in [5.74, 6) is 8.62. The standard InChI is InChI=1S/C14H24N4S/c1-2-3-12-14(19-18-17-12)13(16-15)8-11-7-9-4-5-10(11)6-9/h9-11,13,16H,2-8,15H2,1H3. The van der Waals surface area contributed by atoms with E-state index in [1.807, 2.05) is 0 Å². The van der Waals surface area contributed by atoms with E-state index in [0.717, 1.165) is 42.7 Å². The summed E-state index contributed by atoms with van der Waals surface area (Å²) < 4.78 is 4.13. The molecular formula is C14H24N4S. The Morgan fingerprint density at radius 2 is 2.32 bits per heavy atom. The fraction of sp³-hybridized carbons (Fsp3) is 0.857. The smallest absolute Gasteiger partial charge is 0.0804 e. The lowest BCUT2D eigenvalue weighted by molar-refractivity contribution is 0.281. The van der Waals surface area contributed by atoms with Gasteiger partial charge in [-0.25, -0.2) is 0 Å². The summed E-state index contributed by atoms with van der Waals surface area (Å²) in [6.07, 6.45) is 9.08. The van der Waals surface area contributed by atoms with Crippen molar-refractivity contribution in [2.75, 3.05) is 0 Å². The highest BCUT2D eigenvalue weighted by Gasteiger charge is 2.40. The predicted molar refractivity (Wildman–Crippen MR) is 77.5 cm³/mol. The van der Waals surface area contributed by atoms with Crippen molar-refractivity contribution in [1.82, 2.24) is 15.0 Å². The zero-order chi connectivity index (χ0) is 13.2. The highest BCUT2D eigenvalue weighted by molar-refractivity contribution is 7.05. The van der Waals surface area contributed by atoms with E-state index < -0.39 is 0 Å². The van der Waals surface area contributed by atoms with Crippen LogP contribution in [0.4, 0.5) is 0 Å². The van der Waals surface area contributed by atoms with Crippen LogP contribution < -0.4 is 11.3 Å². The van der Waals surface area contributed by atoms with Gasteiger partial charge < -0.3 is 0 Å². The van der Waals surface area contributed by atoms with Crippen molar-refractivity contribution in [2.24, 2.45) is 23.6 Å². The molecule has 19 heavy (non-hydrogen) atoms. The molecule has 0 aliphatic heterocycles. The number of hydrazine groups is 1. The maximum Gasteiger partial charge on any atom is 0.0804 e. The van der Waals surface area contributed by atoms with Crippen LogP contribution in [0.2, 0.25) is 0 Å². The molecular weight excluding hydrogens is 256 g/mol. The van der Waals surface area contributed by atoms with Crippen LogP contribution in [0.25, 0.3) is 0 Å². The summed E-state index contributed by atoms with van der Waals surface area (Å²) >= 11 is 1.52. The van der Waals surface area contributed by atoms with Gasteiger partial charge in [0.2, 0.25) is 0 Å². The Balaban J connectivity index is 1.68. The van der Waals surface area contributed by atoms with Gasteiger partial charge >= 0.3 is 0 Å². The number of fused-ring (bicyclic) bond motifs is 2. The molecule has 0 radical (unpaired) electrons. The van der Waals surface area contributed by atoms with Gasteiger partial charge in [-0.3, -0.25) is 11.3 Å². The topological polar surface area (TPSA) is 63.8 Å². The Morgan fingerprint density at radius 1 is 1.42 bits per heavy atom. The molecule has 0 amide bonds. The summed E-state index contributed by atoms with van der Waals surface area (Å²) in [4.78, 5) is 1.27. The van der Waals surface area contributed by atoms with Crippen LogP contribution in [0, 0.1) is 17.8 Å². The molecule has 2 bridgehead atoms. The molecule has 2 aliphatic rings. The molecule has 2 fully saturated rings. The van der Waals surface area contributed by atoms with Gasteiger partial charge in [0.15, 0.2) is 0 Å². The van der Waals surface area contributed by atoms with E-state index >= 15 is 0 Å². The van der Waals surface area contributed by atoms with E-state index in [1.165, 1.54) is 42.1 Å².